The van der Waals surface area contributed by atoms with Gasteiger partial charge in [-0.2, -0.15) is 0 Å². The van der Waals surface area contributed by atoms with Gasteiger partial charge in [0.05, 0.1) is 11.4 Å². The Bertz CT molecular complexity index is 665. The Kier molecular flexibility index (Phi) is 6.48. The molecule has 1 aromatic heterocycles. The first-order valence-electron chi connectivity index (χ1n) is 8.78. The van der Waals surface area contributed by atoms with Gasteiger partial charge in [-0.15, -0.1) is 11.8 Å². The molecule has 25 heavy (non-hydrogen) atoms. The SMILES string of the molecule is C[C@@H](c1ccccc1)N1CC[C@H](NC(=O)CSCc2ccccn2)C1. The van der Waals surface area contributed by atoms with E-state index in [4.69, 9.17) is 0 Å². The van der Waals surface area contributed by atoms with Crippen molar-refractivity contribution in [2.24, 2.45) is 0 Å². The van der Waals surface area contributed by atoms with E-state index in [0.29, 0.717) is 11.8 Å². The van der Waals surface area contributed by atoms with Crippen molar-refractivity contribution in [1.82, 2.24) is 15.2 Å². The van der Waals surface area contributed by atoms with Crippen molar-refractivity contribution >= 4 is 17.7 Å². The lowest BCUT2D eigenvalue weighted by molar-refractivity contribution is -0.119. The molecule has 2 atom stereocenters. The van der Waals surface area contributed by atoms with Crippen LogP contribution in [0.4, 0.5) is 0 Å². The van der Waals surface area contributed by atoms with Crippen LogP contribution in [0, 0.1) is 0 Å². The van der Waals surface area contributed by atoms with E-state index >= 15 is 0 Å². The number of nitrogens with one attached hydrogen (secondary N) is 1. The summed E-state index contributed by atoms with van der Waals surface area (Å²) in [5, 5.41) is 3.18. The summed E-state index contributed by atoms with van der Waals surface area (Å²) in [5.41, 5.74) is 2.35. The molecule has 2 aromatic rings. The van der Waals surface area contributed by atoms with E-state index in [1.165, 1.54) is 5.56 Å². The molecule has 1 N–H and O–H groups in total. The Morgan fingerprint density at radius 2 is 2.08 bits per heavy atom. The minimum absolute atomic E-state index is 0.125. The monoisotopic (exact) mass is 355 g/mol. The van der Waals surface area contributed by atoms with E-state index in [1.807, 2.05) is 24.3 Å². The van der Waals surface area contributed by atoms with E-state index in [1.54, 1.807) is 18.0 Å². The predicted octanol–water partition coefficient (Wildman–Crippen LogP) is 3.27. The van der Waals surface area contributed by atoms with E-state index < -0.39 is 0 Å². The Hall–Kier alpha value is -1.85. The Morgan fingerprint density at radius 3 is 2.84 bits per heavy atom. The number of likely N-dealkylation sites (tertiary alicyclic amines) is 1. The number of hydrogen-bond acceptors (Lipinski definition) is 4. The zero-order valence-corrected chi connectivity index (χ0v) is 15.4. The minimum atomic E-state index is 0.125. The molecule has 4 nitrogen and oxygen atoms in total. The third kappa shape index (κ3) is 5.31. The maximum Gasteiger partial charge on any atom is 0.230 e. The molecule has 5 heteroatoms. The van der Waals surface area contributed by atoms with Gasteiger partial charge in [-0.05, 0) is 31.0 Å². The van der Waals surface area contributed by atoms with Gasteiger partial charge in [-0.25, -0.2) is 0 Å². The Labute approximate surface area is 154 Å². The van der Waals surface area contributed by atoms with Crippen LogP contribution in [0.15, 0.2) is 54.7 Å². The molecule has 1 amide bonds. The first kappa shape index (κ1) is 18.0. The second-order valence-electron chi connectivity index (χ2n) is 6.45. The summed E-state index contributed by atoms with van der Waals surface area (Å²) in [6.07, 6.45) is 2.81. The molecule has 132 valence electrons. The molecule has 3 rings (SSSR count). The van der Waals surface area contributed by atoms with Gasteiger partial charge in [0.2, 0.25) is 5.91 Å². The normalized spacial score (nSPS) is 18.8. The number of hydrogen-bond donors (Lipinski definition) is 1. The first-order valence-corrected chi connectivity index (χ1v) is 9.94. The van der Waals surface area contributed by atoms with Crippen molar-refractivity contribution < 1.29 is 4.79 Å². The van der Waals surface area contributed by atoms with Gasteiger partial charge in [-0.1, -0.05) is 36.4 Å². The Morgan fingerprint density at radius 1 is 1.28 bits per heavy atom. The molecular formula is C20H25N3OS. The number of thioether (sulfide) groups is 1. The van der Waals surface area contributed by atoms with E-state index in [-0.39, 0.29) is 11.9 Å². The van der Waals surface area contributed by atoms with Gasteiger partial charge in [0.1, 0.15) is 0 Å². The number of nitrogens with zero attached hydrogens (tertiary/aromatic N) is 2. The number of pyridine rings is 1. The summed E-state index contributed by atoms with van der Waals surface area (Å²) in [4.78, 5) is 18.9. The van der Waals surface area contributed by atoms with E-state index in [9.17, 15) is 4.79 Å². The quantitative estimate of drug-likeness (QED) is 0.828. The molecule has 1 saturated heterocycles. The number of amides is 1. The van der Waals surface area contributed by atoms with Crippen molar-refractivity contribution in [2.45, 2.75) is 31.2 Å². The van der Waals surface area contributed by atoms with Crippen molar-refractivity contribution in [2.75, 3.05) is 18.8 Å². The van der Waals surface area contributed by atoms with Crippen LogP contribution in [-0.4, -0.2) is 40.7 Å². The fraction of sp³-hybridized carbons (Fsp3) is 0.400. The number of carbonyl (C=O) groups is 1. The van der Waals surface area contributed by atoms with Crippen LogP contribution in [0.5, 0.6) is 0 Å². The average molecular weight is 356 g/mol. The maximum absolute atomic E-state index is 12.2. The van der Waals surface area contributed by atoms with Crippen LogP contribution in [0.25, 0.3) is 0 Å². The predicted molar refractivity (Wildman–Crippen MR) is 103 cm³/mol. The second kappa shape index (κ2) is 9.02. The third-order valence-electron chi connectivity index (χ3n) is 4.62. The van der Waals surface area contributed by atoms with Gasteiger partial charge < -0.3 is 5.32 Å². The molecule has 1 aromatic carbocycles. The molecule has 0 bridgehead atoms. The van der Waals surface area contributed by atoms with Crippen LogP contribution in [0.3, 0.4) is 0 Å². The average Bonchev–Trinajstić information content (AvgIpc) is 3.11. The smallest absolute Gasteiger partial charge is 0.230 e. The van der Waals surface area contributed by atoms with Crippen LogP contribution in [-0.2, 0) is 10.5 Å². The van der Waals surface area contributed by atoms with Crippen molar-refractivity contribution in [3.05, 3.63) is 66.0 Å². The van der Waals surface area contributed by atoms with Crippen LogP contribution in [0.2, 0.25) is 0 Å². The number of rotatable bonds is 7. The summed E-state index contributed by atoms with van der Waals surface area (Å²) in [6.45, 7) is 4.19. The lowest BCUT2D eigenvalue weighted by Gasteiger charge is -2.24. The zero-order valence-electron chi connectivity index (χ0n) is 14.6. The molecule has 0 saturated carbocycles. The van der Waals surface area contributed by atoms with Crippen molar-refractivity contribution in [1.29, 1.82) is 0 Å². The van der Waals surface area contributed by atoms with Crippen LogP contribution in [0.1, 0.15) is 30.6 Å². The number of benzene rings is 1. The largest absolute Gasteiger partial charge is 0.351 e. The standard InChI is InChI=1S/C20H25N3OS/c1-16(17-7-3-2-4-8-17)23-12-10-18(13-23)22-20(24)15-25-14-19-9-5-6-11-21-19/h2-9,11,16,18H,10,12-15H2,1H3,(H,22,24)/t16-,18-/m0/s1. The first-order chi connectivity index (χ1) is 12.2. The molecule has 0 aliphatic carbocycles. The van der Waals surface area contributed by atoms with Gasteiger partial charge in [0.25, 0.3) is 0 Å². The lowest BCUT2D eigenvalue weighted by atomic mass is 10.1. The fourth-order valence-electron chi connectivity index (χ4n) is 3.20. The minimum Gasteiger partial charge on any atom is -0.351 e. The highest BCUT2D eigenvalue weighted by molar-refractivity contribution is 7.99. The highest BCUT2D eigenvalue weighted by Gasteiger charge is 2.27. The van der Waals surface area contributed by atoms with Gasteiger partial charge >= 0.3 is 0 Å². The van der Waals surface area contributed by atoms with Gasteiger partial charge in [0.15, 0.2) is 0 Å². The molecule has 1 fully saturated rings. The van der Waals surface area contributed by atoms with Crippen molar-refractivity contribution in [3.63, 3.8) is 0 Å². The van der Waals surface area contributed by atoms with Crippen LogP contribution < -0.4 is 5.32 Å². The lowest BCUT2D eigenvalue weighted by Crippen LogP contribution is -2.38. The molecule has 0 unspecified atom stereocenters. The third-order valence-corrected chi connectivity index (χ3v) is 5.59. The molecular weight excluding hydrogens is 330 g/mol. The molecule has 0 spiro atoms. The highest BCUT2D eigenvalue weighted by Crippen LogP contribution is 2.24. The summed E-state index contributed by atoms with van der Waals surface area (Å²) >= 11 is 1.61. The highest BCUT2D eigenvalue weighted by atomic mass is 32.2. The maximum atomic E-state index is 12.2. The summed E-state index contributed by atoms with van der Waals surface area (Å²) < 4.78 is 0. The number of aromatic nitrogens is 1. The van der Waals surface area contributed by atoms with E-state index in [0.717, 1.165) is 31.0 Å². The summed E-state index contributed by atoms with van der Waals surface area (Å²) in [6, 6.07) is 17.1. The number of carbonyl (C=O) groups excluding carboxylic acids is 1. The topological polar surface area (TPSA) is 45.2 Å². The summed E-state index contributed by atoms with van der Waals surface area (Å²) in [5.74, 6) is 1.39. The van der Waals surface area contributed by atoms with Crippen LogP contribution >= 0.6 is 11.8 Å². The van der Waals surface area contributed by atoms with Gasteiger partial charge in [0, 0.05) is 37.1 Å². The van der Waals surface area contributed by atoms with Crippen molar-refractivity contribution in [3.8, 4) is 0 Å². The molecule has 1 aliphatic rings. The Balaban J connectivity index is 1.39. The molecule has 1 aliphatic heterocycles. The zero-order chi connectivity index (χ0) is 17.5. The van der Waals surface area contributed by atoms with Gasteiger partial charge in [-0.3, -0.25) is 14.7 Å². The second-order valence-corrected chi connectivity index (χ2v) is 7.43. The molecule has 2 heterocycles. The summed E-state index contributed by atoms with van der Waals surface area (Å²) in [7, 11) is 0. The van der Waals surface area contributed by atoms with E-state index in [2.05, 4.69) is 46.4 Å². The fourth-order valence-corrected chi connectivity index (χ4v) is 3.95. The molecule has 0 radical (unpaired) electrons.